The van der Waals surface area contributed by atoms with E-state index in [1.54, 1.807) is 13.1 Å². The Morgan fingerprint density at radius 2 is 2.15 bits per heavy atom. The zero-order chi connectivity index (χ0) is 24.3. The van der Waals surface area contributed by atoms with Crippen molar-refractivity contribution in [2.24, 2.45) is 20.5 Å². The number of quaternary nitrogens is 1. The highest BCUT2D eigenvalue weighted by Crippen LogP contribution is 2.27. The van der Waals surface area contributed by atoms with Gasteiger partial charge in [0.25, 0.3) is 0 Å². The van der Waals surface area contributed by atoms with E-state index in [1.165, 1.54) is 0 Å². The van der Waals surface area contributed by atoms with Gasteiger partial charge < -0.3 is 5.32 Å². The summed E-state index contributed by atoms with van der Waals surface area (Å²) in [5.74, 6) is 0.613. The van der Waals surface area contributed by atoms with Gasteiger partial charge in [0.2, 0.25) is 11.5 Å². The molecule has 0 amide bonds. The number of nitrogens with zero attached hydrogens (tertiary/aromatic N) is 6. The normalized spacial score (nSPS) is 21.7. The second-order valence-corrected chi connectivity index (χ2v) is 9.77. The Morgan fingerprint density at radius 1 is 1.35 bits per heavy atom. The number of benzene rings is 1. The molecule has 1 atom stereocenters. The molecule has 4 rings (SSSR count). The smallest absolute Gasteiger partial charge is 0.211 e. The number of carbonyl (C=O) groups is 1. The lowest BCUT2D eigenvalue weighted by atomic mass is 9.92. The van der Waals surface area contributed by atoms with Gasteiger partial charge in [-0.05, 0) is 23.5 Å². The second-order valence-electron chi connectivity index (χ2n) is 9.77. The van der Waals surface area contributed by atoms with Crippen LogP contribution in [0.2, 0.25) is 0 Å². The molecule has 178 valence electrons. The summed E-state index contributed by atoms with van der Waals surface area (Å²) in [6.45, 7) is 8.30. The Balaban J connectivity index is 1.56. The van der Waals surface area contributed by atoms with E-state index in [-0.39, 0.29) is 15.8 Å². The Kier molecular flexibility index (Phi) is 6.72. The maximum absolute atomic E-state index is 12.7. The molecule has 0 saturated carbocycles. The van der Waals surface area contributed by atoms with Gasteiger partial charge in [-0.25, -0.2) is 4.99 Å². The number of allylic oxidation sites excluding steroid dienone is 1. The molecule has 2 aromatic rings. The van der Waals surface area contributed by atoms with Gasteiger partial charge in [0, 0.05) is 44.4 Å². The first-order chi connectivity index (χ1) is 16.2. The fourth-order valence-electron chi connectivity index (χ4n) is 3.73. The average molecular weight is 461 g/mol. The Bertz CT molecular complexity index is 1180. The molecule has 2 aliphatic rings. The van der Waals surface area contributed by atoms with Gasteiger partial charge in [-0.1, -0.05) is 44.1 Å². The fourth-order valence-corrected chi connectivity index (χ4v) is 3.73. The Labute approximate surface area is 201 Å². The summed E-state index contributed by atoms with van der Waals surface area (Å²) < 4.78 is 2.14. The molecule has 0 spiro atoms. The van der Waals surface area contributed by atoms with E-state index in [4.69, 9.17) is 5.10 Å². The summed E-state index contributed by atoms with van der Waals surface area (Å²) in [6.07, 6.45) is 10.7. The highest BCUT2D eigenvalue weighted by Gasteiger charge is 2.32. The zero-order valence-corrected chi connectivity index (χ0v) is 20.7. The topological polar surface area (TPSA) is 84.0 Å². The van der Waals surface area contributed by atoms with Crippen LogP contribution in [0.5, 0.6) is 0 Å². The Morgan fingerprint density at radius 3 is 2.82 bits per heavy atom. The van der Waals surface area contributed by atoms with Gasteiger partial charge in [0.15, 0.2) is 5.84 Å². The summed E-state index contributed by atoms with van der Waals surface area (Å²) in [7, 11) is 3.71. The fraction of sp³-hybridized carbons (Fsp3) is 0.423. The molecule has 0 radical (unpaired) electrons. The molecule has 0 aliphatic carbocycles. The first-order valence-electron chi connectivity index (χ1n) is 11.8. The molecular weight excluding hydrogens is 426 g/mol. The molecule has 1 fully saturated rings. The lowest BCUT2D eigenvalue weighted by molar-refractivity contribution is -0.109. The van der Waals surface area contributed by atoms with Gasteiger partial charge >= 0.3 is 0 Å². The summed E-state index contributed by atoms with van der Waals surface area (Å²) in [6, 6.07) is 8.40. The molecule has 1 saturated heterocycles. The van der Waals surface area contributed by atoms with Crippen molar-refractivity contribution in [3.8, 4) is 0 Å². The molecule has 1 aromatic carbocycles. The highest BCUT2D eigenvalue weighted by atomic mass is 16.1. The van der Waals surface area contributed by atoms with Crippen LogP contribution in [0.3, 0.4) is 0 Å². The minimum absolute atomic E-state index is 0.00839. The third-order valence-corrected chi connectivity index (χ3v) is 6.59. The number of nitrogens with one attached hydrogen (secondary N) is 1. The van der Waals surface area contributed by atoms with Crippen molar-refractivity contribution in [2.45, 2.75) is 39.7 Å². The van der Waals surface area contributed by atoms with Crippen LogP contribution >= 0.6 is 0 Å². The van der Waals surface area contributed by atoms with Gasteiger partial charge in [0.05, 0.1) is 12.2 Å². The maximum Gasteiger partial charge on any atom is 0.211 e. The van der Waals surface area contributed by atoms with Crippen LogP contribution < -0.4 is 9.91 Å². The van der Waals surface area contributed by atoms with Crippen molar-refractivity contribution in [3.05, 3.63) is 60.1 Å². The van der Waals surface area contributed by atoms with Crippen LogP contribution in [-0.2, 0) is 11.2 Å². The van der Waals surface area contributed by atoms with E-state index in [0.717, 1.165) is 36.3 Å². The number of aliphatic imine (C=N–C) groups is 2. The lowest BCUT2D eigenvalue weighted by Gasteiger charge is -2.27. The average Bonchev–Trinajstić information content (AvgIpc) is 3.26. The first-order valence-corrected chi connectivity index (χ1v) is 11.8. The van der Waals surface area contributed by atoms with Crippen molar-refractivity contribution in [2.75, 3.05) is 27.2 Å². The zero-order valence-electron chi connectivity index (χ0n) is 20.7. The summed E-state index contributed by atoms with van der Waals surface area (Å²) in [4.78, 5) is 21.7. The highest BCUT2D eigenvalue weighted by molar-refractivity contribution is 6.45. The van der Waals surface area contributed by atoms with Crippen molar-refractivity contribution < 1.29 is 4.79 Å². The minimum atomic E-state index is -0.0660. The van der Waals surface area contributed by atoms with Crippen LogP contribution in [0, 0.1) is 5.41 Å². The van der Waals surface area contributed by atoms with Crippen LogP contribution in [0.15, 0.2) is 64.0 Å². The number of hydrogen-bond donors (Lipinski definition) is 1. The van der Waals surface area contributed by atoms with Crippen LogP contribution in [0.4, 0.5) is 5.69 Å². The van der Waals surface area contributed by atoms with Gasteiger partial charge in [-0.2, -0.15) is 5.10 Å². The SMILES string of the molecule is CCC(C)(C)C=NC(=NC)c1cccc(CC2=N[N+](C)(c3cnn(C4CNC4)c3)C=CC2=O)c1. The number of hydrogen-bond acceptors (Lipinski definition) is 5. The summed E-state index contributed by atoms with van der Waals surface area (Å²) in [5, 5.41) is 12.6. The van der Waals surface area contributed by atoms with Gasteiger partial charge in [0.1, 0.15) is 25.2 Å². The van der Waals surface area contributed by atoms with Crippen molar-refractivity contribution in [3.63, 3.8) is 0 Å². The number of aromatic nitrogens is 2. The number of amidine groups is 1. The number of rotatable bonds is 7. The molecular formula is C26H34N7O+. The molecule has 3 heterocycles. The quantitative estimate of drug-likeness (QED) is 0.390. The second kappa shape index (κ2) is 9.56. The van der Waals surface area contributed by atoms with Crippen molar-refractivity contribution in [1.82, 2.24) is 19.7 Å². The number of ketones is 1. The maximum atomic E-state index is 12.7. The van der Waals surface area contributed by atoms with Gasteiger partial charge in [-0.15, -0.1) is 4.59 Å². The third kappa shape index (κ3) is 5.13. The third-order valence-electron chi connectivity index (χ3n) is 6.59. The van der Waals surface area contributed by atoms with Crippen molar-refractivity contribution in [1.29, 1.82) is 0 Å². The number of carbonyl (C=O) groups excluding carboxylic acids is 1. The van der Waals surface area contributed by atoms with Crippen LogP contribution in [0.25, 0.3) is 0 Å². The molecule has 2 aliphatic heterocycles. The van der Waals surface area contributed by atoms with Crippen LogP contribution in [0.1, 0.15) is 44.4 Å². The van der Waals surface area contributed by atoms with E-state index in [1.807, 2.05) is 60.8 Å². The predicted molar refractivity (Wildman–Crippen MR) is 139 cm³/mol. The van der Waals surface area contributed by atoms with Crippen molar-refractivity contribution >= 4 is 29.2 Å². The standard InChI is InChI=1S/C26H34N7O/c1-6-26(2,3)18-29-25(27-4)20-9-7-8-19(12-20)13-23-24(34)10-11-33(5,31-23)22-16-30-32(17-22)21-14-28-15-21/h7-12,16-18,21,28H,6,13-15H2,1-5H3/q+1. The molecule has 1 aromatic heterocycles. The summed E-state index contributed by atoms with van der Waals surface area (Å²) in [5.41, 5.74) is 3.37. The molecule has 8 heteroatoms. The Hall–Kier alpha value is -3.23. The van der Waals surface area contributed by atoms with E-state index < -0.39 is 0 Å². The molecule has 8 nitrogen and oxygen atoms in total. The minimum Gasteiger partial charge on any atom is -0.312 e. The first kappa shape index (κ1) is 23.9. The molecule has 1 N–H and O–H groups in total. The lowest BCUT2D eigenvalue weighted by Crippen LogP contribution is -2.43. The monoisotopic (exact) mass is 460 g/mol. The van der Waals surface area contributed by atoms with E-state index in [0.29, 0.717) is 24.0 Å². The van der Waals surface area contributed by atoms with E-state index >= 15 is 0 Å². The molecule has 34 heavy (non-hydrogen) atoms. The van der Waals surface area contributed by atoms with E-state index in [9.17, 15) is 4.79 Å². The molecule has 0 bridgehead atoms. The summed E-state index contributed by atoms with van der Waals surface area (Å²) >= 11 is 0. The van der Waals surface area contributed by atoms with Gasteiger partial charge in [-0.3, -0.25) is 14.5 Å². The largest absolute Gasteiger partial charge is 0.312 e. The van der Waals surface area contributed by atoms with Crippen LogP contribution in [-0.4, -0.2) is 60.5 Å². The predicted octanol–water partition coefficient (Wildman–Crippen LogP) is 3.54. The van der Waals surface area contributed by atoms with E-state index in [2.05, 4.69) is 41.2 Å². The molecule has 1 unspecified atom stereocenters.